The molecule has 1 aromatic carbocycles. The number of aromatic nitrogens is 5. The van der Waals surface area contributed by atoms with Crippen LogP contribution in [0.2, 0.25) is 0 Å². The van der Waals surface area contributed by atoms with Crippen LogP contribution in [0, 0.1) is 6.92 Å². The number of hydrogen-bond acceptors (Lipinski definition) is 5. The first-order chi connectivity index (χ1) is 10.3. The number of aromatic amines is 1. The lowest BCUT2D eigenvalue weighted by molar-refractivity contribution is 0.572. The summed E-state index contributed by atoms with van der Waals surface area (Å²) in [6, 6.07) is 11.6. The zero-order chi connectivity index (χ0) is 14.2. The second-order valence-corrected chi connectivity index (χ2v) is 4.72. The fourth-order valence-electron chi connectivity index (χ4n) is 2.29. The number of oxazole rings is 1. The van der Waals surface area contributed by atoms with Crippen molar-refractivity contribution in [1.82, 2.24) is 25.4 Å². The molecule has 4 aromatic rings. The summed E-state index contributed by atoms with van der Waals surface area (Å²) in [7, 11) is 0. The van der Waals surface area contributed by atoms with E-state index in [0.717, 1.165) is 33.7 Å². The van der Waals surface area contributed by atoms with Crippen molar-refractivity contribution in [3.05, 3.63) is 48.5 Å². The number of nitrogens with zero attached hydrogens (tertiary/aromatic N) is 4. The summed E-state index contributed by atoms with van der Waals surface area (Å²) in [6.07, 6.45) is 1.43. The molecule has 0 amide bonds. The zero-order valence-electron chi connectivity index (χ0n) is 11.2. The average molecular weight is 277 g/mol. The van der Waals surface area contributed by atoms with Gasteiger partial charge in [-0.05, 0) is 37.3 Å². The lowest BCUT2D eigenvalue weighted by Gasteiger charge is -2.02. The van der Waals surface area contributed by atoms with Gasteiger partial charge in [0.1, 0.15) is 16.7 Å². The Morgan fingerprint density at radius 3 is 2.86 bits per heavy atom. The van der Waals surface area contributed by atoms with Gasteiger partial charge in [0.25, 0.3) is 0 Å². The van der Waals surface area contributed by atoms with Crippen molar-refractivity contribution in [1.29, 1.82) is 0 Å². The third kappa shape index (κ3) is 1.97. The molecule has 0 unspecified atom stereocenters. The summed E-state index contributed by atoms with van der Waals surface area (Å²) >= 11 is 0. The Bertz CT molecular complexity index is 924. The molecule has 6 heteroatoms. The minimum absolute atomic E-state index is 0.679. The minimum Gasteiger partial charge on any atom is -0.443 e. The van der Waals surface area contributed by atoms with Crippen LogP contribution in [0.1, 0.15) is 5.69 Å². The van der Waals surface area contributed by atoms with Gasteiger partial charge in [-0.3, -0.25) is 4.98 Å². The van der Waals surface area contributed by atoms with Crippen LogP contribution in [-0.2, 0) is 0 Å². The first-order valence-corrected chi connectivity index (χ1v) is 6.50. The standard InChI is InChI=1S/C15H11N5O/c1-9-3-2-4-12(17-9)14-15(21-8-16-14)10-5-6-11-13(7-10)19-20-18-11/h2-8H,1H3,(H,18,19,20). The molecule has 102 valence electrons. The summed E-state index contributed by atoms with van der Waals surface area (Å²) < 4.78 is 5.56. The molecule has 0 aliphatic rings. The van der Waals surface area contributed by atoms with Gasteiger partial charge in [0.2, 0.25) is 0 Å². The molecule has 21 heavy (non-hydrogen) atoms. The number of H-pyrrole nitrogens is 1. The van der Waals surface area contributed by atoms with Gasteiger partial charge in [0.05, 0.1) is 5.69 Å². The highest BCUT2D eigenvalue weighted by Crippen LogP contribution is 2.31. The molecule has 0 bridgehead atoms. The van der Waals surface area contributed by atoms with Gasteiger partial charge in [-0.2, -0.15) is 15.4 Å². The molecule has 0 saturated carbocycles. The van der Waals surface area contributed by atoms with Gasteiger partial charge in [-0.1, -0.05) is 6.07 Å². The quantitative estimate of drug-likeness (QED) is 0.609. The molecule has 0 fully saturated rings. The first-order valence-electron chi connectivity index (χ1n) is 6.50. The number of pyridine rings is 1. The maximum atomic E-state index is 5.56. The molecule has 3 aromatic heterocycles. The van der Waals surface area contributed by atoms with E-state index in [9.17, 15) is 0 Å². The minimum atomic E-state index is 0.679. The van der Waals surface area contributed by atoms with Crippen molar-refractivity contribution < 1.29 is 4.42 Å². The number of fused-ring (bicyclic) bond motifs is 1. The van der Waals surface area contributed by atoms with E-state index in [2.05, 4.69) is 25.4 Å². The second kappa shape index (κ2) is 4.52. The summed E-state index contributed by atoms with van der Waals surface area (Å²) in [5, 5.41) is 10.7. The molecule has 1 N–H and O–H groups in total. The average Bonchev–Trinajstić information content (AvgIpc) is 3.15. The van der Waals surface area contributed by atoms with E-state index < -0.39 is 0 Å². The van der Waals surface area contributed by atoms with E-state index in [4.69, 9.17) is 4.42 Å². The Labute approximate surface area is 119 Å². The Morgan fingerprint density at radius 2 is 1.95 bits per heavy atom. The number of nitrogens with one attached hydrogen (secondary N) is 1. The number of benzene rings is 1. The van der Waals surface area contributed by atoms with E-state index in [1.807, 2.05) is 43.3 Å². The number of hydrogen-bond donors (Lipinski definition) is 1. The van der Waals surface area contributed by atoms with Gasteiger partial charge >= 0.3 is 0 Å². The van der Waals surface area contributed by atoms with Gasteiger partial charge in [0.15, 0.2) is 12.2 Å². The molecule has 0 aliphatic heterocycles. The highest BCUT2D eigenvalue weighted by Gasteiger charge is 2.15. The van der Waals surface area contributed by atoms with Crippen LogP contribution in [0.25, 0.3) is 33.7 Å². The summed E-state index contributed by atoms with van der Waals surface area (Å²) in [5.74, 6) is 0.679. The van der Waals surface area contributed by atoms with Gasteiger partial charge in [0, 0.05) is 11.3 Å². The number of rotatable bonds is 2. The maximum Gasteiger partial charge on any atom is 0.182 e. The molecule has 0 atom stereocenters. The topological polar surface area (TPSA) is 80.5 Å². The first kappa shape index (κ1) is 11.8. The molecule has 6 nitrogen and oxygen atoms in total. The third-order valence-corrected chi connectivity index (χ3v) is 3.28. The molecular formula is C15H11N5O. The van der Waals surface area contributed by atoms with Gasteiger partial charge < -0.3 is 4.42 Å². The van der Waals surface area contributed by atoms with Crippen molar-refractivity contribution in [3.63, 3.8) is 0 Å². The zero-order valence-corrected chi connectivity index (χ0v) is 11.2. The van der Waals surface area contributed by atoms with E-state index in [1.165, 1.54) is 6.39 Å². The molecule has 0 saturated heterocycles. The van der Waals surface area contributed by atoms with Gasteiger partial charge in [-0.15, -0.1) is 0 Å². The Balaban J connectivity index is 1.88. The van der Waals surface area contributed by atoms with E-state index in [0.29, 0.717) is 5.76 Å². The lowest BCUT2D eigenvalue weighted by Crippen LogP contribution is -1.88. The molecule has 0 radical (unpaired) electrons. The second-order valence-electron chi connectivity index (χ2n) is 4.72. The third-order valence-electron chi connectivity index (χ3n) is 3.28. The smallest absolute Gasteiger partial charge is 0.182 e. The van der Waals surface area contributed by atoms with Crippen molar-refractivity contribution >= 4 is 11.0 Å². The van der Waals surface area contributed by atoms with E-state index in [1.54, 1.807) is 0 Å². The van der Waals surface area contributed by atoms with Crippen LogP contribution in [0.3, 0.4) is 0 Å². The fraction of sp³-hybridized carbons (Fsp3) is 0.0667. The predicted octanol–water partition coefficient (Wildman–Crippen LogP) is 2.98. The summed E-state index contributed by atoms with van der Waals surface area (Å²) in [6.45, 7) is 1.95. The van der Waals surface area contributed by atoms with Gasteiger partial charge in [-0.25, -0.2) is 4.98 Å². The van der Waals surface area contributed by atoms with E-state index >= 15 is 0 Å². The lowest BCUT2D eigenvalue weighted by atomic mass is 10.1. The summed E-state index contributed by atoms with van der Waals surface area (Å²) in [4.78, 5) is 8.80. The van der Waals surface area contributed by atoms with Crippen molar-refractivity contribution in [3.8, 4) is 22.7 Å². The van der Waals surface area contributed by atoms with Crippen molar-refractivity contribution in [2.24, 2.45) is 0 Å². The SMILES string of the molecule is Cc1cccc(-c2ncoc2-c2ccc3n[nH]nc3c2)n1. The number of aryl methyl sites for hydroxylation is 1. The molecule has 3 heterocycles. The van der Waals surface area contributed by atoms with E-state index in [-0.39, 0.29) is 0 Å². The Morgan fingerprint density at radius 1 is 1.05 bits per heavy atom. The largest absolute Gasteiger partial charge is 0.443 e. The maximum absolute atomic E-state index is 5.56. The monoisotopic (exact) mass is 277 g/mol. The Hall–Kier alpha value is -3.02. The van der Waals surface area contributed by atoms with Crippen molar-refractivity contribution in [2.45, 2.75) is 6.92 Å². The molecule has 0 spiro atoms. The van der Waals surface area contributed by atoms with Crippen LogP contribution >= 0.6 is 0 Å². The van der Waals surface area contributed by atoms with Crippen LogP contribution < -0.4 is 0 Å². The Kier molecular flexibility index (Phi) is 2.53. The van der Waals surface area contributed by atoms with Crippen LogP contribution in [0.15, 0.2) is 47.2 Å². The molecular weight excluding hydrogens is 266 g/mol. The van der Waals surface area contributed by atoms with Crippen LogP contribution in [-0.4, -0.2) is 25.4 Å². The fourth-order valence-corrected chi connectivity index (χ4v) is 2.29. The highest BCUT2D eigenvalue weighted by molar-refractivity contribution is 5.83. The van der Waals surface area contributed by atoms with Crippen LogP contribution in [0.5, 0.6) is 0 Å². The molecule has 0 aliphatic carbocycles. The molecule has 4 rings (SSSR count). The predicted molar refractivity (Wildman–Crippen MR) is 77.4 cm³/mol. The highest BCUT2D eigenvalue weighted by atomic mass is 16.3. The van der Waals surface area contributed by atoms with Crippen molar-refractivity contribution in [2.75, 3.05) is 0 Å². The summed E-state index contributed by atoms with van der Waals surface area (Å²) in [5.41, 5.74) is 4.95. The van der Waals surface area contributed by atoms with Crippen LogP contribution in [0.4, 0.5) is 0 Å². The normalized spacial score (nSPS) is 11.1.